The molecule has 1 atom stereocenters. The van der Waals surface area contributed by atoms with Crippen molar-refractivity contribution in [3.05, 3.63) is 0 Å². The number of amides is 2. The fourth-order valence-electron chi connectivity index (χ4n) is 2.96. The van der Waals surface area contributed by atoms with E-state index in [-0.39, 0.29) is 24.5 Å². The molecule has 2 aliphatic rings. The highest BCUT2D eigenvalue weighted by atomic mass is 16.7. The summed E-state index contributed by atoms with van der Waals surface area (Å²) in [7, 11) is 0. The summed E-state index contributed by atoms with van der Waals surface area (Å²) in [5, 5.41) is 8.64. The standard InChI is InChI=1S/C15H24N2O6/c1-15(2,3)23-13(19)16-6-4-10(5-7-16)17-9-11(8-12(17)18)22-14(20)21/h10-11H,4-9H2,1-3H3,(H,20,21). The molecule has 23 heavy (non-hydrogen) atoms. The molecule has 2 aliphatic heterocycles. The summed E-state index contributed by atoms with van der Waals surface area (Å²) < 4.78 is 10.0. The van der Waals surface area contributed by atoms with Gasteiger partial charge in [-0.15, -0.1) is 0 Å². The maximum Gasteiger partial charge on any atom is 0.506 e. The molecule has 0 aromatic heterocycles. The number of carbonyl (C=O) groups is 3. The highest BCUT2D eigenvalue weighted by molar-refractivity contribution is 5.80. The SMILES string of the molecule is CC(C)(C)OC(=O)N1CCC(N2CC(OC(=O)O)CC2=O)CC1. The van der Waals surface area contributed by atoms with Crippen LogP contribution >= 0.6 is 0 Å². The molecule has 0 aliphatic carbocycles. The molecule has 8 nitrogen and oxygen atoms in total. The molecular weight excluding hydrogens is 304 g/mol. The number of carbonyl (C=O) groups excluding carboxylic acids is 2. The van der Waals surface area contributed by atoms with E-state index in [1.54, 1.807) is 9.80 Å². The Kier molecular flexibility index (Phi) is 5.01. The number of ether oxygens (including phenoxy) is 2. The molecule has 8 heteroatoms. The van der Waals surface area contributed by atoms with Gasteiger partial charge in [0, 0.05) is 19.1 Å². The summed E-state index contributed by atoms with van der Waals surface area (Å²) in [4.78, 5) is 37.9. The van der Waals surface area contributed by atoms with Crippen LogP contribution in [-0.2, 0) is 14.3 Å². The Labute approximate surface area is 135 Å². The smallest absolute Gasteiger partial charge is 0.450 e. The molecule has 2 fully saturated rings. The summed E-state index contributed by atoms with van der Waals surface area (Å²) in [5.41, 5.74) is -0.528. The minimum Gasteiger partial charge on any atom is -0.450 e. The van der Waals surface area contributed by atoms with Crippen molar-refractivity contribution in [2.24, 2.45) is 0 Å². The van der Waals surface area contributed by atoms with Gasteiger partial charge >= 0.3 is 12.2 Å². The summed E-state index contributed by atoms with van der Waals surface area (Å²) >= 11 is 0. The zero-order valence-corrected chi connectivity index (χ0v) is 13.8. The van der Waals surface area contributed by atoms with E-state index in [4.69, 9.17) is 9.84 Å². The second-order valence-electron chi connectivity index (χ2n) is 6.95. The molecule has 0 saturated carbocycles. The van der Waals surface area contributed by atoms with Crippen LogP contribution in [0.25, 0.3) is 0 Å². The first kappa shape index (κ1) is 17.4. The lowest BCUT2D eigenvalue weighted by Crippen LogP contribution is -2.48. The Morgan fingerprint density at radius 1 is 1.22 bits per heavy atom. The van der Waals surface area contributed by atoms with Gasteiger partial charge < -0.3 is 24.4 Å². The number of hydrogen-bond acceptors (Lipinski definition) is 5. The van der Waals surface area contributed by atoms with Crippen molar-refractivity contribution in [3.8, 4) is 0 Å². The maximum atomic E-state index is 12.0. The number of rotatable bonds is 2. The molecule has 2 rings (SSSR count). The van der Waals surface area contributed by atoms with Crippen LogP contribution in [0.1, 0.15) is 40.0 Å². The van der Waals surface area contributed by atoms with E-state index in [2.05, 4.69) is 4.74 Å². The predicted octanol–water partition coefficient (Wildman–Crippen LogP) is 1.68. The molecule has 2 amide bonds. The lowest BCUT2D eigenvalue weighted by molar-refractivity contribution is -0.130. The van der Waals surface area contributed by atoms with Crippen LogP contribution < -0.4 is 0 Å². The number of piperidine rings is 1. The normalized spacial score (nSPS) is 23.1. The van der Waals surface area contributed by atoms with E-state index < -0.39 is 17.9 Å². The van der Waals surface area contributed by atoms with Crippen LogP contribution in [0.2, 0.25) is 0 Å². The topological polar surface area (TPSA) is 96.4 Å². The summed E-state index contributed by atoms with van der Waals surface area (Å²) in [6.45, 7) is 6.80. The Morgan fingerprint density at radius 3 is 2.35 bits per heavy atom. The van der Waals surface area contributed by atoms with Crippen LogP contribution in [0.5, 0.6) is 0 Å². The fourth-order valence-corrected chi connectivity index (χ4v) is 2.96. The minimum atomic E-state index is -1.36. The average Bonchev–Trinajstić information content (AvgIpc) is 2.77. The highest BCUT2D eigenvalue weighted by Gasteiger charge is 2.38. The zero-order valence-electron chi connectivity index (χ0n) is 13.8. The Hall–Kier alpha value is -1.99. The van der Waals surface area contributed by atoms with Crippen molar-refractivity contribution in [2.45, 2.75) is 57.8 Å². The summed E-state index contributed by atoms with van der Waals surface area (Å²) in [5.74, 6) is -0.0908. The van der Waals surface area contributed by atoms with E-state index >= 15 is 0 Å². The van der Waals surface area contributed by atoms with Crippen molar-refractivity contribution in [1.29, 1.82) is 0 Å². The molecule has 0 spiro atoms. The van der Waals surface area contributed by atoms with Crippen molar-refractivity contribution in [1.82, 2.24) is 9.80 Å². The van der Waals surface area contributed by atoms with Crippen molar-refractivity contribution in [2.75, 3.05) is 19.6 Å². The van der Waals surface area contributed by atoms with Crippen LogP contribution in [0.15, 0.2) is 0 Å². The summed E-state index contributed by atoms with van der Waals surface area (Å²) in [6, 6.07) is 0.0172. The molecule has 2 saturated heterocycles. The number of nitrogens with zero attached hydrogens (tertiary/aromatic N) is 2. The van der Waals surface area contributed by atoms with Gasteiger partial charge in [-0.25, -0.2) is 9.59 Å². The number of hydrogen-bond donors (Lipinski definition) is 1. The van der Waals surface area contributed by atoms with Crippen LogP contribution in [0, 0.1) is 0 Å². The number of carboxylic acid groups (broad SMARTS) is 1. The van der Waals surface area contributed by atoms with Gasteiger partial charge in [-0.3, -0.25) is 4.79 Å². The van der Waals surface area contributed by atoms with Gasteiger partial charge in [0.05, 0.1) is 13.0 Å². The first-order chi connectivity index (χ1) is 10.7. The van der Waals surface area contributed by atoms with Crippen LogP contribution in [0.4, 0.5) is 9.59 Å². The van der Waals surface area contributed by atoms with Gasteiger partial charge in [-0.05, 0) is 33.6 Å². The van der Waals surface area contributed by atoms with Gasteiger partial charge in [-0.1, -0.05) is 0 Å². The zero-order chi connectivity index (χ0) is 17.2. The molecule has 2 heterocycles. The molecule has 1 N–H and O–H groups in total. The van der Waals surface area contributed by atoms with Gasteiger partial charge in [0.2, 0.25) is 5.91 Å². The predicted molar refractivity (Wildman–Crippen MR) is 80.1 cm³/mol. The quantitative estimate of drug-likeness (QED) is 0.775. The first-order valence-electron chi connectivity index (χ1n) is 7.82. The van der Waals surface area contributed by atoms with E-state index in [1.807, 2.05) is 20.8 Å². The van der Waals surface area contributed by atoms with Gasteiger partial charge in [0.15, 0.2) is 0 Å². The Bertz CT molecular complexity index is 479. The molecule has 0 bridgehead atoms. The van der Waals surface area contributed by atoms with E-state index in [9.17, 15) is 14.4 Å². The van der Waals surface area contributed by atoms with Crippen LogP contribution in [0.3, 0.4) is 0 Å². The van der Waals surface area contributed by atoms with Crippen molar-refractivity contribution < 1.29 is 29.0 Å². The molecule has 0 aromatic rings. The average molecular weight is 328 g/mol. The molecule has 0 aromatic carbocycles. The lowest BCUT2D eigenvalue weighted by atomic mass is 10.0. The second kappa shape index (κ2) is 6.64. The van der Waals surface area contributed by atoms with E-state index in [1.165, 1.54) is 0 Å². The highest BCUT2D eigenvalue weighted by Crippen LogP contribution is 2.24. The monoisotopic (exact) mass is 328 g/mol. The van der Waals surface area contributed by atoms with Gasteiger partial charge in [0.1, 0.15) is 11.7 Å². The minimum absolute atomic E-state index is 0.0172. The molecule has 1 unspecified atom stereocenters. The third-order valence-electron chi connectivity index (χ3n) is 3.95. The Balaban J connectivity index is 1.84. The van der Waals surface area contributed by atoms with Gasteiger partial charge in [-0.2, -0.15) is 0 Å². The molecule has 0 radical (unpaired) electrons. The van der Waals surface area contributed by atoms with Crippen molar-refractivity contribution >= 4 is 18.2 Å². The molecular formula is C15H24N2O6. The van der Waals surface area contributed by atoms with Crippen LogP contribution in [-0.4, -0.2) is 70.4 Å². The van der Waals surface area contributed by atoms with Gasteiger partial charge in [0.25, 0.3) is 0 Å². The summed E-state index contributed by atoms with van der Waals surface area (Å²) in [6.07, 6.45) is -0.877. The van der Waals surface area contributed by atoms with E-state index in [0.29, 0.717) is 32.5 Å². The maximum absolute atomic E-state index is 12.0. The molecule has 130 valence electrons. The van der Waals surface area contributed by atoms with E-state index in [0.717, 1.165) is 0 Å². The largest absolute Gasteiger partial charge is 0.506 e. The lowest BCUT2D eigenvalue weighted by Gasteiger charge is -2.37. The van der Waals surface area contributed by atoms with Crippen molar-refractivity contribution in [3.63, 3.8) is 0 Å². The third kappa shape index (κ3) is 4.74. The fraction of sp³-hybridized carbons (Fsp3) is 0.800. The Morgan fingerprint density at radius 2 is 1.83 bits per heavy atom. The first-order valence-corrected chi connectivity index (χ1v) is 7.82. The second-order valence-corrected chi connectivity index (χ2v) is 6.95. The third-order valence-corrected chi connectivity index (χ3v) is 3.95. The number of likely N-dealkylation sites (tertiary alicyclic amines) is 2.